The fourth-order valence-corrected chi connectivity index (χ4v) is 6.74. The topological polar surface area (TPSA) is 103 Å². The Morgan fingerprint density at radius 2 is 1.86 bits per heavy atom. The molecule has 230 valence electrons. The summed E-state index contributed by atoms with van der Waals surface area (Å²) in [5.74, 6) is -1.27. The number of aromatic nitrogens is 1. The molecule has 1 saturated heterocycles. The van der Waals surface area contributed by atoms with E-state index < -0.39 is 37.1 Å². The van der Waals surface area contributed by atoms with Gasteiger partial charge in [-0.15, -0.1) is 11.3 Å². The second-order valence-corrected chi connectivity index (χ2v) is 12.3. The lowest BCUT2D eigenvalue weighted by Crippen LogP contribution is -2.53. The van der Waals surface area contributed by atoms with Crippen LogP contribution in [0.1, 0.15) is 61.4 Å². The van der Waals surface area contributed by atoms with E-state index in [0.29, 0.717) is 33.6 Å². The van der Waals surface area contributed by atoms with E-state index in [4.69, 9.17) is 4.98 Å². The van der Waals surface area contributed by atoms with Crippen molar-refractivity contribution in [1.29, 1.82) is 0 Å². The summed E-state index contributed by atoms with van der Waals surface area (Å²) in [6.07, 6.45) is -3.25. The molecular formula is C31H35F3N4O4S. The van der Waals surface area contributed by atoms with E-state index in [-0.39, 0.29) is 31.6 Å². The third-order valence-electron chi connectivity index (χ3n) is 8.46. The summed E-state index contributed by atoms with van der Waals surface area (Å²) in [7, 11) is 0. The molecule has 2 atom stereocenters. The number of benzene rings is 1. The number of carbonyl (C=O) groups is 3. The quantitative estimate of drug-likeness (QED) is 0.365. The molecular weight excluding hydrogens is 581 g/mol. The van der Waals surface area contributed by atoms with Crippen molar-refractivity contribution in [2.45, 2.75) is 70.3 Å². The van der Waals surface area contributed by atoms with Gasteiger partial charge in [-0.3, -0.25) is 14.4 Å². The van der Waals surface area contributed by atoms with E-state index in [1.54, 1.807) is 0 Å². The van der Waals surface area contributed by atoms with Gasteiger partial charge >= 0.3 is 6.18 Å². The van der Waals surface area contributed by atoms with Gasteiger partial charge < -0.3 is 20.2 Å². The van der Waals surface area contributed by atoms with Crippen molar-refractivity contribution in [3.05, 3.63) is 52.9 Å². The SMILES string of the molecule is C[C@H](NC(=O)c1c(CN2CCN(C(=O)CC(O)C(F)(F)F)CC2=O)c(-c2cccs2)nc2ccccc12)C1CCCCC1. The third kappa shape index (κ3) is 7.01. The molecule has 8 nitrogen and oxygen atoms in total. The maximum atomic E-state index is 14.1. The molecule has 3 heterocycles. The minimum atomic E-state index is -4.92. The van der Waals surface area contributed by atoms with Crippen LogP contribution in [-0.2, 0) is 16.1 Å². The molecule has 3 amide bonds. The van der Waals surface area contributed by atoms with Crippen LogP contribution in [0.2, 0.25) is 0 Å². The van der Waals surface area contributed by atoms with E-state index in [1.807, 2.05) is 48.7 Å². The minimum absolute atomic E-state index is 0.00470. The number of hydrogen-bond donors (Lipinski definition) is 2. The summed E-state index contributed by atoms with van der Waals surface area (Å²) < 4.78 is 38.3. The van der Waals surface area contributed by atoms with Crippen LogP contribution >= 0.6 is 11.3 Å². The van der Waals surface area contributed by atoms with Crippen LogP contribution in [0, 0.1) is 5.92 Å². The number of amides is 3. The minimum Gasteiger partial charge on any atom is -0.383 e. The van der Waals surface area contributed by atoms with Gasteiger partial charge in [0, 0.05) is 36.6 Å². The predicted molar refractivity (Wildman–Crippen MR) is 157 cm³/mol. The Morgan fingerprint density at radius 1 is 1.12 bits per heavy atom. The fraction of sp³-hybridized carbons (Fsp3) is 0.484. The summed E-state index contributed by atoms with van der Waals surface area (Å²) >= 11 is 1.46. The number of thiophene rings is 1. The number of pyridine rings is 1. The molecule has 0 spiro atoms. The number of aliphatic hydroxyl groups excluding tert-OH is 1. The first-order chi connectivity index (χ1) is 20.5. The summed E-state index contributed by atoms with van der Waals surface area (Å²) in [5.41, 5.74) is 2.25. The number of hydrogen-bond acceptors (Lipinski definition) is 6. The van der Waals surface area contributed by atoms with Crippen molar-refractivity contribution in [3.63, 3.8) is 0 Å². The van der Waals surface area contributed by atoms with Gasteiger partial charge in [-0.05, 0) is 43.2 Å². The smallest absolute Gasteiger partial charge is 0.383 e. The Morgan fingerprint density at radius 3 is 2.53 bits per heavy atom. The Balaban J connectivity index is 1.45. The standard InChI is InChI=1S/C31H35F3N4O4S/c1-19(20-8-3-2-4-9-20)35-30(42)28-21-10-5-6-11-23(21)36-29(24-12-7-15-43-24)22(28)17-37-13-14-38(18-27(37)41)26(40)16-25(39)31(32,33)34/h5-7,10-12,15,19-20,25,39H,2-4,8-9,13-14,16-18H2,1H3,(H,35,42)/t19-,25?/m0/s1. The monoisotopic (exact) mass is 616 g/mol. The molecule has 2 aromatic heterocycles. The molecule has 1 aromatic carbocycles. The number of piperazine rings is 1. The van der Waals surface area contributed by atoms with Gasteiger partial charge in [0.1, 0.15) is 0 Å². The molecule has 12 heteroatoms. The van der Waals surface area contributed by atoms with Crippen molar-refractivity contribution in [3.8, 4) is 10.6 Å². The van der Waals surface area contributed by atoms with Crippen LogP contribution in [0.5, 0.6) is 0 Å². The van der Waals surface area contributed by atoms with Crippen molar-refractivity contribution >= 4 is 40.0 Å². The molecule has 2 aliphatic rings. The lowest BCUT2D eigenvalue weighted by Gasteiger charge is -2.35. The van der Waals surface area contributed by atoms with Crippen LogP contribution in [0.15, 0.2) is 41.8 Å². The number of nitrogens with one attached hydrogen (secondary N) is 1. The Bertz CT molecular complexity index is 1470. The number of nitrogens with zero attached hydrogens (tertiary/aromatic N) is 3. The van der Waals surface area contributed by atoms with Gasteiger partial charge in [-0.2, -0.15) is 13.2 Å². The lowest BCUT2D eigenvalue weighted by atomic mass is 9.84. The molecule has 2 N–H and O–H groups in total. The number of halogens is 3. The lowest BCUT2D eigenvalue weighted by molar-refractivity contribution is -0.207. The summed E-state index contributed by atoms with van der Waals surface area (Å²) in [5, 5.41) is 15.1. The van der Waals surface area contributed by atoms with E-state index in [9.17, 15) is 32.7 Å². The zero-order valence-corrected chi connectivity index (χ0v) is 24.7. The van der Waals surface area contributed by atoms with Crippen molar-refractivity contribution in [1.82, 2.24) is 20.1 Å². The van der Waals surface area contributed by atoms with Gasteiger partial charge in [-0.1, -0.05) is 43.5 Å². The summed E-state index contributed by atoms with van der Waals surface area (Å²) in [6, 6.07) is 11.1. The van der Waals surface area contributed by atoms with Gasteiger partial charge in [0.2, 0.25) is 11.8 Å². The van der Waals surface area contributed by atoms with Gasteiger partial charge in [0.05, 0.1) is 34.6 Å². The first-order valence-electron chi connectivity index (χ1n) is 14.6. The Hall–Kier alpha value is -3.51. The maximum Gasteiger partial charge on any atom is 0.414 e. The molecule has 43 heavy (non-hydrogen) atoms. The average molecular weight is 617 g/mol. The maximum absolute atomic E-state index is 14.1. The average Bonchev–Trinajstić information content (AvgIpc) is 3.52. The van der Waals surface area contributed by atoms with Crippen LogP contribution in [0.3, 0.4) is 0 Å². The van der Waals surface area contributed by atoms with Crippen LogP contribution in [0.25, 0.3) is 21.5 Å². The van der Waals surface area contributed by atoms with Crippen LogP contribution < -0.4 is 5.32 Å². The highest BCUT2D eigenvalue weighted by Gasteiger charge is 2.41. The van der Waals surface area contributed by atoms with Gasteiger partial charge in [0.15, 0.2) is 6.10 Å². The molecule has 5 rings (SSSR count). The highest BCUT2D eigenvalue weighted by Crippen LogP contribution is 2.35. The van der Waals surface area contributed by atoms with Crippen molar-refractivity contribution in [2.24, 2.45) is 5.92 Å². The number of rotatable bonds is 8. The molecule has 0 bridgehead atoms. The van der Waals surface area contributed by atoms with Gasteiger partial charge in [0.25, 0.3) is 5.91 Å². The van der Waals surface area contributed by atoms with E-state index in [2.05, 4.69) is 5.32 Å². The zero-order valence-electron chi connectivity index (χ0n) is 23.9. The van der Waals surface area contributed by atoms with Crippen LogP contribution in [-0.4, -0.2) is 75.6 Å². The number of aliphatic hydroxyl groups is 1. The van der Waals surface area contributed by atoms with Gasteiger partial charge in [-0.25, -0.2) is 4.98 Å². The highest BCUT2D eigenvalue weighted by atomic mass is 32.1. The second kappa shape index (κ2) is 13.0. The van der Waals surface area contributed by atoms with Crippen molar-refractivity contribution < 1.29 is 32.7 Å². The summed E-state index contributed by atoms with van der Waals surface area (Å²) in [4.78, 5) is 48.1. The van der Waals surface area contributed by atoms with E-state index >= 15 is 0 Å². The molecule has 1 aliphatic carbocycles. The van der Waals surface area contributed by atoms with Crippen LogP contribution in [0.4, 0.5) is 13.2 Å². The number of carbonyl (C=O) groups excluding carboxylic acids is 3. The van der Waals surface area contributed by atoms with Crippen molar-refractivity contribution in [2.75, 3.05) is 19.6 Å². The highest BCUT2D eigenvalue weighted by molar-refractivity contribution is 7.13. The van der Waals surface area contributed by atoms with E-state index in [1.165, 1.54) is 22.7 Å². The molecule has 1 aliphatic heterocycles. The number of fused-ring (bicyclic) bond motifs is 1. The zero-order chi connectivity index (χ0) is 30.7. The normalized spacial score (nSPS) is 18.1. The molecule has 1 unspecified atom stereocenters. The summed E-state index contributed by atoms with van der Waals surface area (Å²) in [6.45, 7) is 1.72. The second-order valence-electron chi connectivity index (χ2n) is 11.4. The first-order valence-corrected chi connectivity index (χ1v) is 15.5. The molecule has 2 fully saturated rings. The fourth-order valence-electron chi connectivity index (χ4n) is 6.00. The largest absolute Gasteiger partial charge is 0.414 e. The number of para-hydroxylation sites is 1. The molecule has 3 aromatic rings. The number of alkyl halides is 3. The predicted octanol–water partition coefficient (Wildman–Crippen LogP) is 5.15. The Kier molecular flexibility index (Phi) is 9.36. The molecule has 0 radical (unpaired) electrons. The Labute approximate surface area is 251 Å². The third-order valence-corrected chi connectivity index (χ3v) is 9.33. The first kappa shape index (κ1) is 30.9. The molecule has 1 saturated carbocycles. The van der Waals surface area contributed by atoms with E-state index in [0.717, 1.165) is 35.5 Å².